The van der Waals surface area contributed by atoms with Crippen LogP contribution in [0, 0.1) is 0 Å². The maximum Gasteiger partial charge on any atom is 0.0712 e. The van der Waals surface area contributed by atoms with Crippen molar-refractivity contribution in [2.24, 2.45) is 0 Å². The largest absolute Gasteiger partial charge is 0.114 e. The molecular weight excluding hydrogens is 287 g/mol. The molecule has 0 N–H and O–H groups in total. The van der Waals surface area contributed by atoms with Gasteiger partial charge < -0.3 is 0 Å². The second-order valence-corrected chi connectivity index (χ2v) is 9.19. The lowest BCUT2D eigenvalue weighted by Crippen LogP contribution is -2.48. The van der Waals surface area contributed by atoms with Gasteiger partial charge in [0.1, 0.15) is 0 Å². The van der Waals surface area contributed by atoms with Crippen LogP contribution < -0.4 is 0 Å². The van der Waals surface area contributed by atoms with Crippen molar-refractivity contribution < 1.29 is 0 Å². The SMILES string of the molecule is CC1(Cl)Cc2c1c1c(c3c2C(C)(Cl)C3)C(C)(Cl)C1. The van der Waals surface area contributed by atoms with Gasteiger partial charge >= 0.3 is 0 Å². The van der Waals surface area contributed by atoms with E-state index in [1.165, 1.54) is 33.4 Å². The van der Waals surface area contributed by atoms with Gasteiger partial charge in [0, 0.05) is 0 Å². The maximum atomic E-state index is 6.59. The molecule has 0 saturated carbocycles. The lowest BCUT2D eigenvalue weighted by molar-refractivity contribution is 0.458. The van der Waals surface area contributed by atoms with Crippen LogP contribution in [0.5, 0.6) is 0 Å². The first-order chi connectivity index (χ1) is 8.15. The summed E-state index contributed by atoms with van der Waals surface area (Å²) >= 11 is 19.8. The zero-order valence-electron chi connectivity index (χ0n) is 10.8. The first-order valence-electron chi connectivity index (χ1n) is 6.44. The second-order valence-electron chi connectivity index (χ2n) is 6.68. The Kier molecular flexibility index (Phi) is 1.91. The van der Waals surface area contributed by atoms with E-state index in [2.05, 4.69) is 20.8 Å². The number of benzene rings is 1. The molecule has 96 valence electrons. The highest BCUT2D eigenvalue weighted by atomic mass is 35.5. The molecule has 0 aromatic heterocycles. The van der Waals surface area contributed by atoms with Crippen LogP contribution in [0.2, 0.25) is 0 Å². The van der Waals surface area contributed by atoms with Crippen LogP contribution in [0.3, 0.4) is 0 Å². The number of halogens is 3. The van der Waals surface area contributed by atoms with Crippen molar-refractivity contribution in [3.63, 3.8) is 0 Å². The molecule has 0 radical (unpaired) electrons. The molecule has 1 aromatic carbocycles. The summed E-state index contributed by atoms with van der Waals surface area (Å²) in [6.07, 6.45) is 2.84. The zero-order chi connectivity index (χ0) is 13.1. The average Bonchev–Trinajstić information content (AvgIpc) is 2.11. The smallest absolute Gasteiger partial charge is 0.0712 e. The molecule has 0 amide bonds. The fourth-order valence-electron chi connectivity index (χ4n) is 4.28. The summed E-state index contributed by atoms with van der Waals surface area (Å²) < 4.78 is 0. The monoisotopic (exact) mass is 300 g/mol. The van der Waals surface area contributed by atoms with Gasteiger partial charge in [-0.05, 0) is 73.4 Å². The average molecular weight is 302 g/mol. The van der Waals surface area contributed by atoms with Crippen molar-refractivity contribution in [1.29, 1.82) is 0 Å². The first kappa shape index (κ1) is 11.9. The van der Waals surface area contributed by atoms with Gasteiger partial charge in [-0.1, -0.05) is 0 Å². The van der Waals surface area contributed by atoms with E-state index < -0.39 is 0 Å². The van der Waals surface area contributed by atoms with E-state index in [0.717, 1.165) is 19.3 Å². The molecule has 3 heteroatoms. The summed E-state index contributed by atoms with van der Waals surface area (Å²) in [7, 11) is 0. The van der Waals surface area contributed by atoms with Crippen molar-refractivity contribution in [3.05, 3.63) is 33.4 Å². The van der Waals surface area contributed by atoms with Crippen LogP contribution in [0.25, 0.3) is 0 Å². The molecule has 1 aromatic rings. The summed E-state index contributed by atoms with van der Waals surface area (Å²) in [5.74, 6) is 0. The summed E-state index contributed by atoms with van der Waals surface area (Å²) in [5, 5.41) is 0. The maximum absolute atomic E-state index is 6.59. The highest BCUT2D eigenvalue weighted by Gasteiger charge is 2.56. The van der Waals surface area contributed by atoms with Crippen LogP contribution in [-0.4, -0.2) is 0 Å². The minimum atomic E-state index is -0.204. The minimum Gasteiger partial charge on any atom is -0.114 e. The highest BCUT2D eigenvalue weighted by molar-refractivity contribution is 6.29. The van der Waals surface area contributed by atoms with Gasteiger partial charge in [0.25, 0.3) is 0 Å². The third kappa shape index (κ3) is 1.12. The number of hydrogen-bond donors (Lipinski definition) is 0. The molecule has 0 fully saturated rings. The quantitative estimate of drug-likeness (QED) is 0.608. The second kappa shape index (κ2) is 2.90. The van der Waals surface area contributed by atoms with Crippen LogP contribution in [0.4, 0.5) is 0 Å². The van der Waals surface area contributed by atoms with E-state index in [0.29, 0.717) is 0 Å². The van der Waals surface area contributed by atoms with Crippen LogP contribution >= 0.6 is 34.8 Å². The number of rotatable bonds is 0. The van der Waals surface area contributed by atoms with E-state index in [4.69, 9.17) is 34.8 Å². The lowest BCUT2D eigenvalue weighted by Gasteiger charge is -2.54. The Hall–Kier alpha value is 0.0900. The van der Waals surface area contributed by atoms with E-state index >= 15 is 0 Å². The van der Waals surface area contributed by atoms with Gasteiger partial charge in [-0.15, -0.1) is 34.8 Å². The fraction of sp³-hybridized carbons (Fsp3) is 0.600. The molecule has 3 aliphatic rings. The van der Waals surface area contributed by atoms with Crippen molar-refractivity contribution in [3.8, 4) is 0 Å². The van der Waals surface area contributed by atoms with Crippen LogP contribution in [0.1, 0.15) is 54.2 Å². The topological polar surface area (TPSA) is 0 Å². The van der Waals surface area contributed by atoms with Gasteiger partial charge in [0.2, 0.25) is 0 Å². The predicted molar refractivity (Wildman–Crippen MR) is 77.2 cm³/mol. The number of fused-ring (bicyclic) bond motifs is 6. The van der Waals surface area contributed by atoms with Gasteiger partial charge in [-0.25, -0.2) is 0 Å². The Balaban J connectivity index is 2.06. The first-order valence-corrected chi connectivity index (χ1v) is 7.57. The fourth-order valence-corrected chi connectivity index (χ4v) is 5.37. The Morgan fingerprint density at radius 1 is 0.611 bits per heavy atom. The van der Waals surface area contributed by atoms with Gasteiger partial charge in [0.15, 0.2) is 0 Å². The van der Waals surface area contributed by atoms with E-state index in [1.54, 1.807) is 0 Å². The third-order valence-electron chi connectivity index (χ3n) is 4.90. The van der Waals surface area contributed by atoms with Crippen molar-refractivity contribution in [2.75, 3.05) is 0 Å². The van der Waals surface area contributed by atoms with Crippen molar-refractivity contribution >= 4 is 34.8 Å². The molecule has 3 atom stereocenters. The number of hydrogen-bond acceptors (Lipinski definition) is 0. The normalized spacial score (nSPS) is 43.0. The van der Waals surface area contributed by atoms with Gasteiger partial charge in [-0.2, -0.15) is 0 Å². The molecule has 0 saturated heterocycles. The van der Waals surface area contributed by atoms with E-state index in [9.17, 15) is 0 Å². The Bertz CT molecular complexity index is 502. The van der Waals surface area contributed by atoms with Crippen LogP contribution in [0.15, 0.2) is 0 Å². The van der Waals surface area contributed by atoms with Crippen LogP contribution in [-0.2, 0) is 33.9 Å². The molecule has 3 aliphatic carbocycles. The Morgan fingerprint density at radius 2 is 0.833 bits per heavy atom. The predicted octanol–water partition coefficient (Wildman–Crippen LogP) is 4.72. The molecule has 4 rings (SSSR count). The van der Waals surface area contributed by atoms with Crippen molar-refractivity contribution in [2.45, 2.75) is 54.7 Å². The van der Waals surface area contributed by atoms with Gasteiger partial charge in [-0.3, -0.25) is 0 Å². The lowest BCUT2D eigenvalue weighted by atomic mass is 9.56. The molecule has 0 nitrogen and oxygen atoms in total. The van der Waals surface area contributed by atoms with Gasteiger partial charge in [0.05, 0.1) is 14.6 Å². The summed E-state index contributed by atoms with van der Waals surface area (Å²) in [5.41, 5.74) is 8.25. The van der Waals surface area contributed by atoms with E-state index in [-0.39, 0.29) is 14.6 Å². The zero-order valence-corrected chi connectivity index (χ0v) is 13.0. The molecular formula is C15H15Cl3. The molecule has 0 heterocycles. The molecule has 3 unspecified atom stereocenters. The number of alkyl halides is 3. The standard InChI is InChI=1S/C15H15Cl3/c1-13(16)4-7-10(13)8-5-14(2,17)12(8)9-6-15(3,18)11(7)9/h4-6H2,1-3H3. The third-order valence-corrected chi connectivity index (χ3v) is 5.87. The molecule has 0 bridgehead atoms. The summed E-state index contributed by atoms with van der Waals surface area (Å²) in [6.45, 7) is 6.33. The summed E-state index contributed by atoms with van der Waals surface area (Å²) in [6, 6.07) is 0. The molecule has 0 spiro atoms. The highest BCUT2D eigenvalue weighted by Crippen LogP contribution is 2.63. The Labute approximate surface area is 123 Å². The minimum absolute atomic E-state index is 0.204. The summed E-state index contributed by atoms with van der Waals surface area (Å²) in [4.78, 5) is -0.612. The molecule has 18 heavy (non-hydrogen) atoms. The Morgan fingerprint density at radius 3 is 1.00 bits per heavy atom. The van der Waals surface area contributed by atoms with E-state index in [1.807, 2.05) is 0 Å². The molecule has 0 aliphatic heterocycles. The van der Waals surface area contributed by atoms with Crippen molar-refractivity contribution in [1.82, 2.24) is 0 Å².